The predicted molar refractivity (Wildman–Crippen MR) is 111 cm³/mol. The van der Waals surface area contributed by atoms with Crippen LogP contribution in [-0.2, 0) is 55.9 Å². The molecule has 34 heavy (non-hydrogen) atoms. The van der Waals surface area contributed by atoms with E-state index in [0.29, 0.717) is 5.75 Å². The van der Waals surface area contributed by atoms with Crippen molar-refractivity contribution in [2.75, 3.05) is 21.3 Å². The smallest absolute Gasteiger partial charge is 0 e. The van der Waals surface area contributed by atoms with Crippen LogP contribution in [0, 0.1) is 25.9 Å². The fourth-order valence-corrected chi connectivity index (χ4v) is 3.82. The van der Waals surface area contributed by atoms with Crippen LogP contribution in [-0.4, -0.2) is 33.3 Å². The van der Waals surface area contributed by atoms with E-state index in [0.717, 1.165) is 11.1 Å². The van der Waals surface area contributed by atoms with Gasteiger partial charge in [0.1, 0.15) is 11.3 Å². The van der Waals surface area contributed by atoms with Gasteiger partial charge in [0.15, 0.2) is 0 Å². The molecule has 1 aliphatic heterocycles. The number of methoxy groups -OCH3 is 3. The first-order chi connectivity index (χ1) is 16.1. The molecule has 0 spiro atoms. The van der Waals surface area contributed by atoms with Gasteiger partial charge in [-0.2, -0.15) is 0 Å². The number of para-hydroxylation sites is 1. The van der Waals surface area contributed by atoms with Crippen LogP contribution in [0.4, 0.5) is 0 Å². The van der Waals surface area contributed by atoms with Crippen LogP contribution in [0.25, 0.3) is 0 Å². The molecule has 0 aromatic heterocycles. The third kappa shape index (κ3) is 7.20. The van der Waals surface area contributed by atoms with Crippen LogP contribution >= 0.6 is 0 Å². The van der Waals surface area contributed by atoms with Crippen molar-refractivity contribution in [2.45, 2.75) is 18.0 Å². The fraction of sp³-hybridized carbons (Fsp3) is 0.292. The van der Waals surface area contributed by atoms with Gasteiger partial charge in [-0.05, 0) is 18.1 Å². The first-order valence-corrected chi connectivity index (χ1v) is 9.31. The maximum Gasteiger partial charge on any atom is 0 e. The second-order valence-corrected chi connectivity index (χ2v) is 6.46. The summed E-state index contributed by atoms with van der Waals surface area (Å²) < 4.78 is 38.1. The van der Waals surface area contributed by atoms with Crippen LogP contribution < -0.4 is 10.1 Å². The van der Waals surface area contributed by atoms with Crippen molar-refractivity contribution in [3.05, 3.63) is 85.7 Å². The predicted octanol–water partition coefficient (Wildman–Crippen LogP) is 2.47. The van der Waals surface area contributed by atoms with Crippen LogP contribution in [0.15, 0.2) is 54.6 Å². The number of hydrogen-bond acceptors (Lipinski definition) is 6. The monoisotopic (exact) mass is 505 g/mol. The first kappa shape index (κ1) is 33.1. The van der Waals surface area contributed by atoms with Crippen LogP contribution in [0.5, 0.6) is 5.75 Å². The van der Waals surface area contributed by atoms with E-state index in [4.69, 9.17) is 28.2 Å². The van der Waals surface area contributed by atoms with E-state index in [1.165, 1.54) is 14.2 Å². The van der Waals surface area contributed by atoms with Crippen LogP contribution in [0.2, 0.25) is 0 Å². The van der Waals surface area contributed by atoms with Gasteiger partial charge in [0.2, 0.25) is 0 Å². The molecule has 0 amide bonds. The Morgan fingerprint density at radius 1 is 0.882 bits per heavy atom. The zero-order valence-corrected chi connectivity index (χ0v) is 20.0. The number of esters is 2. The minimum atomic E-state index is -1.15. The molecule has 2 aromatic rings. The van der Waals surface area contributed by atoms with Crippen molar-refractivity contribution in [2.24, 2.45) is 5.92 Å². The maximum atomic E-state index is 12.9. The van der Waals surface area contributed by atoms with E-state index in [9.17, 15) is 9.59 Å². The van der Waals surface area contributed by atoms with Gasteiger partial charge in [-0.25, -0.2) is 4.79 Å². The summed E-state index contributed by atoms with van der Waals surface area (Å²) in [5.74, 6) is -0.775. The summed E-state index contributed by atoms with van der Waals surface area (Å²) in [6, 6.07) is 16.2. The SMILES string of the molecule is COC(=O)[C@H]1C[C@](C(=O)OC)(c2ccccc2)N[C@H]1c1ccccc1OC.[C-]#[O+].[C-]#[O+].[C-]#[O+].[Cr]. The zero-order chi connectivity index (χ0) is 25.4. The number of carbonyl (C=O) groups is 2. The second-order valence-electron chi connectivity index (χ2n) is 6.46. The summed E-state index contributed by atoms with van der Waals surface area (Å²) in [5.41, 5.74) is 0.376. The van der Waals surface area contributed by atoms with E-state index in [2.05, 4.69) is 25.3 Å². The van der Waals surface area contributed by atoms with Crippen molar-refractivity contribution in [1.29, 1.82) is 0 Å². The van der Waals surface area contributed by atoms with Gasteiger partial charge < -0.3 is 14.2 Å². The average molecular weight is 505 g/mol. The van der Waals surface area contributed by atoms with E-state index < -0.39 is 23.5 Å². The average Bonchev–Trinajstić information content (AvgIpc) is 3.33. The third-order valence-electron chi connectivity index (χ3n) is 5.11. The molecule has 10 heteroatoms. The summed E-state index contributed by atoms with van der Waals surface area (Å²) in [7, 11) is 4.27. The molecule has 0 saturated carbocycles. The number of carbonyl (C=O) groups excluding carboxylic acids is 2. The van der Waals surface area contributed by atoms with Gasteiger partial charge in [0, 0.05) is 22.9 Å². The topological polar surface area (TPSA) is 134 Å². The molecular weight excluding hydrogens is 482 g/mol. The Bertz CT molecular complexity index is 946. The molecule has 3 atom stereocenters. The fourth-order valence-electron chi connectivity index (χ4n) is 3.82. The molecule has 1 saturated heterocycles. The number of ether oxygens (including phenoxy) is 3. The van der Waals surface area contributed by atoms with Crippen molar-refractivity contribution in [3.8, 4) is 5.75 Å². The molecule has 3 rings (SSSR count). The van der Waals surface area contributed by atoms with Gasteiger partial charge in [-0.1, -0.05) is 48.5 Å². The van der Waals surface area contributed by atoms with Gasteiger partial charge in [-0.15, -0.1) is 0 Å². The number of benzene rings is 2. The molecule has 2 aromatic carbocycles. The minimum Gasteiger partial charge on any atom is 0 e. The van der Waals surface area contributed by atoms with Crippen LogP contribution in [0.1, 0.15) is 23.6 Å². The van der Waals surface area contributed by atoms with E-state index in [1.807, 2.05) is 54.6 Å². The molecule has 1 aliphatic rings. The van der Waals surface area contributed by atoms with Gasteiger partial charge in [-0.3, -0.25) is 10.1 Å². The second kappa shape index (κ2) is 17.4. The van der Waals surface area contributed by atoms with E-state index in [-0.39, 0.29) is 29.8 Å². The van der Waals surface area contributed by atoms with E-state index >= 15 is 0 Å². The Balaban J connectivity index is 0. The van der Waals surface area contributed by atoms with E-state index in [1.54, 1.807) is 7.11 Å². The Labute approximate surface area is 209 Å². The van der Waals surface area contributed by atoms with Crippen molar-refractivity contribution in [1.82, 2.24) is 5.32 Å². The Morgan fingerprint density at radius 2 is 1.41 bits per heavy atom. The summed E-state index contributed by atoms with van der Waals surface area (Å²) in [6.45, 7) is 13.5. The summed E-state index contributed by atoms with van der Waals surface area (Å²) in [6.07, 6.45) is 0.221. The Kier molecular flexibility index (Phi) is 16.9. The molecular formula is C24H23CrNO8. The molecule has 1 N–H and O–H groups in total. The molecule has 0 radical (unpaired) electrons. The first-order valence-electron chi connectivity index (χ1n) is 9.31. The third-order valence-corrected chi connectivity index (χ3v) is 5.11. The molecule has 178 valence electrons. The molecule has 1 heterocycles. The molecule has 0 unspecified atom stereocenters. The molecule has 0 aliphatic carbocycles. The number of hydrogen-bond donors (Lipinski definition) is 1. The Hall–Kier alpha value is -3.11. The quantitative estimate of drug-likeness (QED) is 0.377. The van der Waals surface area contributed by atoms with Crippen LogP contribution in [0.3, 0.4) is 0 Å². The largest absolute Gasteiger partial charge is 0 e. The van der Waals surface area contributed by atoms with Gasteiger partial charge in [0.05, 0.1) is 33.3 Å². The van der Waals surface area contributed by atoms with Gasteiger partial charge in [0.25, 0.3) is 0 Å². The van der Waals surface area contributed by atoms with Crippen molar-refractivity contribution in [3.63, 3.8) is 0 Å². The summed E-state index contributed by atoms with van der Waals surface area (Å²) >= 11 is 0. The standard InChI is InChI=1S/C21H23NO5.3CO.Cr/c1-25-17-12-8-7-11-15(17)18-16(19(23)26-2)13-21(22-18,20(24)27-3)14-9-5-4-6-10-14;3*1-2;/h4-12,16,18,22H,13H2,1-3H3;;;;/t16-,18-,21+;;;;/m0..../s1. The minimum absolute atomic E-state index is 0. The molecule has 0 bridgehead atoms. The zero-order valence-electron chi connectivity index (χ0n) is 18.7. The van der Waals surface area contributed by atoms with Crippen molar-refractivity contribution >= 4 is 11.9 Å². The summed E-state index contributed by atoms with van der Waals surface area (Å²) in [4.78, 5) is 25.4. The Morgan fingerprint density at radius 3 is 1.91 bits per heavy atom. The molecule has 9 nitrogen and oxygen atoms in total. The molecule has 1 fully saturated rings. The van der Waals surface area contributed by atoms with Crippen molar-refractivity contribution < 1.29 is 55.1 Å². The maximum absolute atomic E-state index is 12.9. The number of rotatable bonds is 5. The van der Waals surface area contributed by atoms with Gasteiger partial charge >= 0.3 is 45.8 Å². The summed E-state index contributed by atoms with van der Waals surface area (Å²) in [5, 5.41) is 3.37. The number of nitrogens with one attached hydrogen (secondary N) is 1. The normalized spacial score (nSPS) is 19.4.